The van der Waals surface area contributed by atoms with E-state index in [9.17, 15) is 17.6 Å². The Balaban J connectivity index is 1.35. The molecule has 1 fully saturated rings. The molecule has 0 spiro atoms. The summed E-state index contributed by atoms with van der Waals surface area (Å²) in [5.41, 5.74) is 1.73. The van der Waals surface area contributed by atoms with Gasteiger partial charge in [0.05, 0.1) is 16.1 Å². The van der Waals surface area contributed by atoms with Gasteiger partial charge in [-0.2, -0.15) is 4.98 Å². The van der Waals surface area contributed by atoms with E-state index in [-0.39, 0.29) is 23.5 Å². The Kier molecular flexibility index (Phi) is 8.03. The number of fused-ring (bicyclic) bond motifs is 1. The fourth-order valence-corrected chi connectivity index (χ4v) is 5.68. The normalized spacial score (nSPS) is 14.6. The Labute approximate surface area is 249 Å². The number of benzene rings is 2. The Morgan fingerprint density at radius 3 is 2.40 bits per heavy atom. The van der Waals surface area contributed by atoms with Gasteiger partial charge in [0.2, 0.25) is 21.9 Å². The summed E-state index contributed by atoms with van der Waals surface area (Å²) in [6.07, 6.45) is 4.67. The Hall–Kier alpha value is -4.26. The van der Waals surface area contributed by atoms with Crippen molar-refractivity contribution in [3.63, 3.8) is 0 Å². The number of piperidine rings is 1. The lowest BCUT2D eigenvalue weighted by Gasteiger charge is -2.34. The molecular formula is C30H35F2N7O3S. The number of hydrogen-bond acceptors (Lipinski definition) is 7. The Morgan fingerprint density at radius 1 is 1.02 bits per heavy atom. The van der Waals surface area contributed by atoms with Crippen molar-refractivity contribution in [3.05, 3.63) is 66.5 Å². The lowest BCUT2D eigenvalue weighted by atomic mass is 9.95. The van der Waals surface area contributed by atoms with Crippen molar-refractivity contribution in [2.24, 2.45) is 5.92 Å². The first-order valence-corrected chi connectivity index (χ1v) is 15.4. The largest absolute Gasteiger partial charge is 0.369 e. The molecule has 0 radical (unpaired) electrons. The summed E-state index contributed by atoms with van der Waals surface area (Å²) in [4.78, 5) is 24.8. The van der Waals surface area contributed by atoms with Crippen molar-refractivity contribution in [3.8, 4) is 5.69 Å². The van der Waals surface area contributed by atoms with E-state index >= 15 is 4.39 Å². The van der Waals surface area contributed by atoms with E-state index < -0.39 is 26.4 Å². The van der Waals surface area contributed by atoms with Gasteiger partial charge in [-0.25, -0.2) is 22.2 Å². The highest BCUT2D eigenvalue weighted by atomic mass is 32.2. The molecule has 0 aliphatic carbocycles. The molecule has 1 amide bonds. The monoisotopic (exact) mass is 611 g/mol. The zero-order chi connectivity index (χ0) is 31.1. The van der Waals surface area contributed by atoms with Gasteiger partial charge in [-0.05, 0) is 76.1 Å². The van der Waals surface area contributed by atoms with Gasteiger partial charge in [0.15, 0.2) is 0 Å². The van der Waals surface area contributed by atoms with Crippen LogP contribution in [0.25, 0.3) is 16.7 Å². The van der Waals surface area contributed by atoms with Crippen molar-refractivity contribution in [1.82, 2.24) is 19.4 Å². The lowest BCUT2D eigenvalue weighted by Crippen LogP contribution is -2.40. The average molecular weight is 612 g/mol. The van der Waals surface area contributed by atoms with Gasteiger partial charge >= 0.3 is 0 Å². The highest BCUT2D eigenvalue weighted by Gasteiger charge is 2.30. The number of nitrogens with one attached hydrogen (secondary N) is 2. The molecule has 228 valence electrons. The fourth-order valence-electron chi connectivity index (χ4n) is 4.93. The SMILES string of the molecule is CN(C)C(=O)C1CCN(c2ccc(Nc3ncc4ccn(-c5ccc(F)c(NS(=O)(=O)C(C)(C)C)c5)c4n3)cc2F)CC1. The molecule has 43 heavy (non-hydrogen) atoms. The second kappa shape index (κ2) is 11.4. The van der Waals surface area contributed by atoms with Gasteiger partial charge in [0, 0.05) is 62.3 Å². The smallest absolute Gasteiger partial charge is 0.237 e. The van der Waals surface area contributed by atoms with Crippen molar-refractivity contribution < 1.29 is 22.0 Å². The lowest BCUT2D eigenvalue weighted by molar-refractivity contribution is -0.133. The van der Waals surface area contributed by atoms with Crippen molar-refractivity contribution >= 4 is 50.0 Å². The van der Waals surface area contributed by atoms with Crippen LogP contribution in [0.15, 0.2) is 54.9 Å². The molecule has 0 bridgehead atoms. The second-order valence-electron chi connectivity index (χ2n) is 11.8. The van der Waals surface area contributed by atoms with Crippen LogP contribution < -0.4 is 14.9 Å². The minimum Gasteiger partial charge on any atom is -0.369 e. The third-order valence-corrected chi connectivity index (χ3v) is 9.64. The van der Waals surface area contributed by atoms with Crippen LogP contribution in [0.4, 0.5) is 31.8 Å². The van der Waals surface area contributed by atoms with E-state index in [1.807, 2.05) is 4.90 Å². The number of rotatable bonds is 7. The predicted octanol–water partition coefficient (Wildman–Crippen LogP) is 5.29. The summed E-state index contributed by atoms with van der Waals surface area (Å²) in [6.45, 7) is 5.76. The van der Waals surface area contributed by atoms with Gasteiger partial charge < -0.3 is 19.7 Å². The molecular weight excluding hydrogens is 576 g/mol. The molecule has 10 nitrogen and oxygen atoms in total. The number of nitrogens with zero attached hydrogens (tertiary/aromatic N) is 5. The van der Waals surface area contributed by atoms with Gasteiger partial charge in [-0.1, -0.05) is 0 Å². The zero-order valence-corrected chi connectivity index (χ0v) is 25.5. The molecule has 0 unspecified atom stereocenters. The number of hydrogen-bond donors (Lipinski definition) is 2. The Bertz CT molecular complexity index is 1780. The van der Waals surface area contributed by atoms with Crippen LogP contribution in [-0.4, -0.2) is 65.7 Å². The van der Waals surface area contributed by atoms with Crippen molar-refractivity contribution in [2.75, 3.05) is 42.1 Å². The molecule has 2 aromatic heterocycles. The standard InChI is InChI=1S/C30H35F2N7O3S/c1-30(2,3)43(41,42)36-25-17-22(7-8-23(25)31)39-15-12-20-18-33-29(35-27(20)39)34-21-6-9-26(24(32)16-21)38-13-10-19(11-14-38)28(40)37(4)5/h6-9,12,15-19,36H,10-11,13-14H2,1-5H3,(H,33,34,35). The third-order valence-electron chi connectivity index (χ3n) is 7.54. The third kappa shape index (κ3) is 6.26. The van der Waals surface area contributed by atoms with E-state index in [4.69, 9.17) is 0 Å². The number of halogens is 2. The minimum atomic E-state index is -3.85. The molecule has 5 rings (SSSR count). The summed E-state index contributed by atoms with van der Waals surface area (Å²) in [5, 5.41) is 3.74. The maximum atomic E-state index is 15.2. The first-order valence-electron chi connectivity index (χ1n) is 13.9. The van der Waals surface area contributed by atoms with Crippen LogP contribution in [0.2, 0.25) is 0 Å². The maximum absolute atomic E-state index is 15.2. The summed E-state index contributed by atoms with van der Waals surface area (Å²) in [7, 11) is -0.353. The average Bonchev–Trinajstić information content (AvgIpc) is 3.36. The van der Waals surface area contributed by atoms with Crippen LogP contribution in [0.5, 0.6) is 0 Å². The molecule has 1 saturated heterocycles. The van der Waals surface area contributed by atoms with Gasteiger partial charge in [0.1, 0.15) is 17.3 Å². The van der Waals surface area contributed by atoms with Gasteiger partial charge in [-0.15, -0.1) is 0 Å². The summed E-state index contributed by atoms with van der Waals surface area (Å²) in [6, 6.07) is 10.7. The first kappa shape index (κ1) is 30.2. The summed E-state index contributed by atoms with van der Waals surface area (Å²) < 4.78 is 58.0. The zero-order valence-electron chi connectivity index (χ0n) is 24.7. The van der Waals surface area contributed by atoms with Crippen LogP contribution in [0.3, 0.4) is 0 Å². The number of carbonyl (C=O) groups is 1. The van der Waals surface area contributed by atoms with Crippen molar-refractivity contribution in [1.29, 1.82) is 0 Å². The molecule has 4 aromatic rings. The number of sulfonamides is 1. The Morgan fingerprint density at radius 2 is 1.74 bits per heavy atom. The number of carbonyl (C=O) groups excluding carboxylic acids is 1. The second-order valence-corrected chi connectivity index (χ2v) is 14.3. The van der Waals surface area contributed by atoms with Crippen LogP contribution in [0, 0.1) is 17.6 Å². The number of aromatic nitrogens is 3. The summed E-state index contributed by atoms with van der Waals surface area (Å²) in [5.74, 6) is -0.827. The highest BCUT2D eigenvalue weighted by molar-refractivity contribution is 7.94. The van der Waals surface area contributed by atoms with E-state index in [2.05, 4.69) is 20.0 Å². The van der Waals surface area contributed by atoms with Crippen LogP contribution in [-0.2, 0) is 14.8 Å². The molecule has 0 atom stereocenters. The minimum absolute atomic E-state index is 0.0458. The van der Waals surface area contributed by atoms with E-state index in [1.165, 1.54) is 45.0 Å². The molecule has 1 aliphatic rings. The van der Waals surface area contributed by atoms with E-state index in [0.717, 1.165) is 0 Å². The van der Waals surface area contributed by atoms with E-state index in [0.29, 0.717) is 54.0 Å². The summed E-state index contributed by atoms with van der Waals surface area (Å²) >= 11 is 0. The molecule has 3 heterocycles. The molecule has 2 N–H and O–H groups in total. The molecule has 1 aliphatic heterocycles. The highest BCUT2D eigenvalue weighted by Crippen LogP contribution is 2.30. The van der Waals surface area contributed by atoms with Crippen LogP contribution >= 0.6 is 0 Å². The fraction of sp³-hybridized carbons (Fsp3) is 0.367. The van der Waals surface area contributed by atoms with Gasteiger partial charge in [-0.3, -0.25) is 9.52 Å². The van der Waals surface area contributed by atoms with Crippen molar-refractivity contribution in [2.45, 2.75) is 38.4 Å². The molecule has 2 aromatic carbocycles. The quantitative estimate of drug-likeness (QED) is 0.292. The van der Waals surface area contributed by atoms with Crippen LogP contribution in [0.1, 0.15) is 33.6 Å². The number of anilines is 4. The number of amides is 1. The topological polar surface area (TPSA) is 112 Å². The molecule has 0 saturated carbocycles. The first-order chi connectivity index (χ1) is 20.2. The van der Waals surface area contributed by atoms with Gasteiger partial charge in [0.25, 0.3) is 0 Å². The van der Waals surface area contributed by atoms with E-state index in [1.54, 1.807) is 54.2 Å². The molecule has 13 heteroatoms. The predicted molar refractivity (Wildman–Crippen MR) is 164 cm³/mol. The maximum Gasteiger partial charge on any atom is 0.237 e.